The summed E-state index contributed by atoms with van der Waals surface area (Å²) < 4.78 is 0. The quantitative estimate of drug-likeness (QED) is 0.501. The van der Waals surface area contributed by atoms with Crippen molar-refractivity contribution in [2.24, 2.45) is 0 Å². The molecule has 1 fully saturated rings. The number of piperazine rings is 1. The van der Waals surface area contributed by atoms with Gasteiger partial charge in [-0.25, -0.2) is 0 Å². The van der Waals surface area contributed by atoms with Gasteiger partial charge in [-0.3, -0.25) is 9.69 Å². The predicted octanol–water partition coefficient (Wildman–Crippen LogP) is 0.0787. The third kappa shape index (κ3) is 3.03. The lowest BCUT2D eigenvalue weighted by molar-refractivity contribution is -0.119. The van der Waals surface area contributed by atoms with E-state index in [0.717, 1.165) is 39.1 Å². The van der Waals surface area contributed by atoms with Crippen molar-refractivity contribution in [3.05, 3.63) is 0 Å². The van der Waals surface area contributed by atoms with Crippen LogP contribution in [0.3, 0.4) is 0 Å². The lowest BCUT2D eigenvalue weighted by Crippen LogP contribution is -2.47. The first-order chi connectivity index (χ1) is 5.72. The van der Waals surface area contributed by atoms with E-state index in [1.165, 1.54) is 0 Å². The van der Waals surface area contributed by atoms with Gasteiger partial charge in [0.2, 0.25) is 6.41 Å². The van der Waals surface area contributed by atoms with Crippen LogP contribution >= 0.6 is 12.6 Å². The molecule has 1 aliphatic heterocycles. The first-order valence-electron chi connectivity index (χ1n) is 4.32. The number of amides is 1. The van der Waals surface area contributed by atoms with E-state index in [4.69, 9.17) is 0 Å². The molecule has 1 rings (SSSR count). The Labute approximate surface area is 79.1 Å². The second-order valence-electron chi connectivity index (χ2n) is 3.29. The van der Waals surface area contributed by atoms with E-state index in [0.29, 0.717) is 5.25 Å². The van der Waals surface area contributed by atoms with E-state index in [1.54, 1.807) is 0 Å². The topological polar surface area (TPSA) is 23.6 Å². The highest BCUT2D eigenvalue weighted by Crippen LogP contribution is 2.03. The van der Waals surface area contributed by atoms with Gasteiger partial charge in [0.15, 0.2) is 0 Å². The second kappa shape index (κ2) is 4.72. The molecule has 0 bridgehead atoms. The SMILES string of the molecule is C[C@@H](S)CN1CCN(C=O)CC1. The second-order valence-corrected chi connectivity index (χ2v) is 4.17. The zero-order chi connectivity index (χ0) is 8.97. The molecule has 3 nitrogen and oxygen atoms in total. The number of thiol groups is 1. The van der Waals surface area contributed by atoms with Crippen LogP contribution in [0.4, 0.5) is 0 Å². The van der Waals surface area contributed by atoms with Crippen molar-refractivity contribution in [1.29, 1.82) is 0 Å². The van der Waals surface area contributed by atoms with Gasteiger partial charge in [0.25, 0.3) is 0 Å². The van der Waals surface area contributed by atoms with Crippen LogP contribution in [-0.2, 0) is 4.79 Å². The Balaban J connectivity index is 2.21. The molecule has 0 aromatic heterocycles. The average molecular weight is 188 g/mol. The van der Waals surface area contributed by atoms with Crippen LogP contribution in [0.1, 0.15) is 6.92 Å². The number of hydrogen-bond donors (Lipinski definition) is 1. The van der Waals surface area contributed by atoms with Gasteiger partial charge in [-0.2, -0.15) is 12.6 Å². The minimum absolute atomic E-state index is 0.424. The molecule has 12 heavy (non-hydrogen) atoms. The molecule has 0 spiro atoms. The number of carbonyl (C=O) groups excluding carboxylic acids is 1. The molecule has 0 aliphatic carbocycles. The molecule has 1 aliphatic rings. The maximum absolute atomic E-state index is 10.4. The lowest BCUT2D eigenvalue weighted by Gasteiger charge is -2.33. The number of hydrogen-bond acceptors (Lipinski definition) is 3. The van der Waals surface area contributed by atoms with Gasteiger partial charge in [-0.05, 0) is 0 Å². The molecule has 0 N–H and O–H groups in total. The summed E-state index contributed by atoms with van der Waals surface area (Å²) >= 11 is 4.33. The van der Waals surface area contributed by atoms with Crippen LogP contribution in [-0.4, -0.2) is 54.2 Å². The zero-order valence-electron chi connectivity index (χ0n) is 7.44. The fraction of sp³-hybridized carbons (Fsp3) is 0.875. The highest BCUT2D eigenvalue weighted by Gasteiger charge is 2.15. The van der Waals surface area contributed by atoms with E-state index < -0.39 is 0 Å². The fourth-order valence-corrected chi connectivity index (χ4v) is 1.66. The van der Waals surface area contributed by atoms with Crippen molar-refractivity contribution in [1.82, 2.24) is 9.80 Å². The largest absolute Gasteiger partial charge is 0.343 e. The van der Waals surface area contributed by atoms with Gasteiger partial charge < -0.3 is 4.90 Å². The molecule has 1 saturated heterocycles. The van der Waals surface area contributed by atoms with Crippen LogP contribution in [0, 0.1) is 0 Å². The summed E-state index contributed by atoms with van der Waals surface area (Å²) in [4.78, 5) is 14.5. The Hall–Kier alpha value is -0.220. The smallest absolute Gasteiger partial charge is 0.209 e. The van der Waals surface area contributed by atoms with Crippen molar-refractivity contribution >= 4 is 19.0 Å². The highest BCUT2D eigenvalue weighted by molar-refractivity contribution is 7.80. The number of carbonyl (C=O) groups is 1. The minimum atomic E-state index is 0.424. The van der Waals surface area contributed by atoms with Gasteiger partial charge in [0, 0.05) is 38.0 Å². The summed E-state index contributed by atoms with van der Waals surface area (Å²) in [5.41, 5.74) is 0. The molecule has 4 heteroatoms. The van der Waals surface area contributed by atoms with Crippen LogP contribution in [0.25, 0.3) is 0 Å². The van der Waals surface area contributed by atoms with Crippen LogP contribution in [0.5, 0.6) is 0 Å². The third-order valence-electron chi connectivity index (χ3n) is 2.08. The molecule has 0 unspecified atom stereocenters. The number of rotatable bonds is 3. The van der Waals surface area contributed by atoms with Crippen LogP contribution in [0.15, 0.2) is 0 Å². The van der Waals surface area contributed by atoms with E-state index >= 15 is 0 Å². The Bertz CT molecular complexity index is 144. The number of nitrogens with zero attached hydrogens (tertiary/aromatic N) is 2. The van der Waals surface area contributed by atoms with Gasteiger partial charge >= 0.3 is 0 Å². The van der Waals surface area contributed by atoms with Gasteiger partial charge in [0.05, 0.1) is 0 Å². The molecule has 0 aromatic rings. The van der Waals surface area contributed by atoms with Gasteiger partial charge in [-0.1, -0.05) is 6.92 Å². The van der Waals surface area contributed by atoms with Crippen LogP contribution < -0.4 is 0 Å². The van der Waals surface area contributed by atoms with Crippen molar-refractivity contribution in [3.8, 4) is 0 Å². The summed E-state index contributed by atoms with van der Waals surface area (Å²) in [5, 5.41) is 0.424. The summed E-state index contributed by atoms with van der Waals surface area (Å²) in [7, 11) is 0. The molecule has 1 heterocycles. The first kappa shape index (κ1) is 9.86. The molecule has 1 amide bonds. The van der Waals surface area contributed by atoms with Crippen molar-refractivity contribution in [3.63, 3.8) is 0 Å². The molecule has 0 saturated carbocycles. The molecule has 0 radical (unpaired) electrons. The normalized spacial score (nSPS) is 22.3. The minimum Gasteiger partial charge on any atom is -0.343 e. The highest BCUT2D eigenvalue weighted by atomic mass is 32.1. The maximum Gasteiger partial charge on any atom is 0.209 e. The Morgan fingerprint density at radius 2 is 2.00 bits per heavy atom. The van der Waals surface area contributed by atoms with E-state index in [1.807, 2.05) is 4.90 Å². The Morgan fingerprint density at radius 3 is 2.42 bits per heavy atom. The molecule has 70 valence electrons. The van der Waals surface area contributed by atoms with E-state index in [9.17, 15) is 4.79 Å². The Kier molecular flexibility index (Phi) is 3.88. The predicted molar refractivity (Wildman–Crippen MR) is 52.5 cm³/mol. The molecular formula is C8H16N2OS. The molecular weight excluding hydrogens is 172 g/mol. The van der Waals surface area contributed by atoms with Crippen molar-refractivity contribution in [2.45, 2.75) is 12.2 Å². The van der Waals surface area contributed by atoms with Crippen molar-refractivity contribution < 1.29 is 4.79 Å². The molecule has 0 aromatic carbocycles. The first-order valence-corrected chi connectivity index (χ1v) is 4.84. The third-order valence-corrected chi connectivity index (χ3v) is 2.24. The van der Waals surface area contributed by atoms with Crippen molar-refractivity contribution in [2.75, 3.05) is 32.7 Å². The van der Waals surface area contributed by atoms with Gasteiger partial charge in [0.1, 0.15) is 0 Å². The summed E-state index contributed by atoms with van der Waals surface area (Å²) in [6, 6.07) is 0. The van der Waals surface area contributed by atoms with E-state index in [-0.39, 0.29) is 0 Å². The standard InChI is InChI=1S/C8H16N2OS/c1-8(12)6-9-2-4-10(7-11)5-3-9/h7-8,12H,2-6H2,1H3/t8-/m1/s1. The average Bonchev–Trinajstić information content (AvgIpc) is 2.05. The summed E-state index contributed by atoms with van der Waals surface area (Å²) in [6.45, 7) is 6.83. The molecule has 1 atom stereocenters. The zero-order valence-corrected chi connectivity index (χ0v) is 8.33. The maximum atomic E-state index is 10.4. The van der Waals surface area contributed by atoms with Crippen LogP contribution in [0.2, 0.25) is 0 Å². The van der Waals surface area contributed by atoms with E-state index in [2.05, 4.69) is 24.5 Å². The summed E-state index contributed by atoms with van der Waals surface area (Å²) in [6.07, 6.45) is 0.932. The van der Waals surface area contributed by atoms with Gasteiger partial charge in [-0.15, -0.1) is 0 Å². The Morgan fingerprint density at radius 1 is 1.42 bits per heavy atom. The monoisotopic (exact) mass is 188 g/mol. The summed E-state index contributed by atoms with van der Waals surface area (Å²) in [5.74, 6) is 0. The lowest BCUT2D eigenvalue weighted by atomic mass is 10.3. The fourth-order valence-electron chi connectivity index (χ4n) is 1.42.